The van der Waals surface area contributed by atoms with E-state index in [9.17, 15) is 4.79 Å². The molecule has 0 aliphatic heterocycles. The molecule has 4 heteroatoms. The van der Waals surface area contributed by atoms with E-state index in [4.69, 9.17) is 10.5 Å². The van der Waals surface area contributed by atoms with E-state index in [1.54, 1.807) is 0 Å². The molecule has 0 bridgehead atoms. The highest BCUT2D eigenvalue weighted by Gasteiger charge is 2.06. The maximum Gasteiger partial charge on any atom is 0.160 e. The van der Waals surface area contributed by atoms with Gasteiger partial charge in [-0.25, -0.2) is 0 Å². The van der Waals surface area contributed by atoms with Crippen molar-refractivity contribution in [3.63, 3.8) is 0 Å². The second kappa shape index (κ2) is 4.03. The average molecular weight is 130 g/mol. The number of nitrogens with one attached hydrogen (secondary N) is 2. The topological polar surface area (TPSA) is 73.2 Å². The minimum absolute atomic E-state index is 0.124. The fraction of sp³-hybridized carbons (Fsp3) is 0.600. The number of aliphatic hydroxyl groups is 1. The number of hydrogen-bond acceptors (Lipinski definition) is 3. The molecule has 0 aromatic carbocycles. The summed E-state index contributed by atoms with van der Waals surface area (Å²) in [5.41, 5.74) is 0. The van der Waals surface area contributed by atoms with Crippen molar-refractivity contribution >= 4 is 12.1 Å². The average Bonchev–Trinajstić information content (AvgIpc) is 1.82. The third-order valence-corrected chi connectivity index (χ3v) is 0.883. The number of aliphatic hydroxyl groups excluding tert-OH is 1. The highest BCUT2D eigenvalue weighted by molar-refractivity contribution is 5.80. The SMILES string of the molecule is CC(=O)[C@@H](O)CNC=N. The molecule has 0 aromatic heterocycles. The maximum atomic E-state index is 10.3. The quantitative estimate of drug-likeness (QED) is 0.342. The van der Waals surface area contributed by atoms with E-state index < -0.39 is 6.10 Å². The van der Waals surface area contributed by atoms with Gasteiger partial charge in [0.25, 0.3) is 0 Å². The van der Waals surface area contributed by atoms with E-state index in [1.807, 2.05) is 0 Å². The first kappa shape index (κ1) is 8.10. The van der Waals surface area contributed by atoms with Crippen LogP contribution in [0.1, 0.15) is 6.92 Å². The molecule has 0 heterocycles. The van der Waals surface area contributed by atoms with Gasteiger partial charge in [-0.2, -0.15) is 0 Å². The highest BCUT2D eigenvalue weighted by atomic mass is 16.3. The Morgan fingerprint density at radius 3 is 2.89 bits per heavy atom. The predicted octanol–water partition coefficient (Wildman–Crippen LogP) is -0.867. The summed E-state index contributed by atoms with van der Waals surface area (Å²) in [6.45, 7) is 1.43. The number of hydrogen-bond donors (Lipinski definition) is 3. The Hall–Kier alpha value is -0.900. The smallest absolute Gasteiger partial charge is 0.160 e. The van der Waals surface area contributed by atoms with Crippen molar-refractivity contribution < 1.29 is 9.90 Å². The fourth-order valence-electron chi connectivity index (χ4n) is 0.314. The Bertz CT molecular complexity index is 114. The Morgan fingerprint density at radius 2 is 2.56 bits per heavy atom. The third kappa shape index (κ3) is 3.66. The van der Waals surface area contributed by atoms with Crippen molar-refractivity contribution in [3.8, 4) is 0 Å². The van der Waals surface area contributed by atoms with E-state index in [0.29, 0.717) is 0 Å². The molecule has 9 heavy (non-hydrogen) atoms. The molecule has 3 N–H and O–H groups in total. The summed E-state index contributed by atoms with van der Waals surface area (Å²) in [5.74, 6) is -0.288. The van der Waals surface area contributed by atoms with E-state index in [0.717, 1.165) is 6.34 Å². The normalized spacial score (nSPS) is 12.2. The molecule has 0 aliphatic rings. The van der Waals surface area contributed by atoms with Gasteiger partial charge in [-0.05, 0) is 6.92 Å². The third-order valence-electron chi connectivity index (χ3n) is 0.883. The van der Waals surface area contributed by atoms with Gasteiger partial charge in [0, 0.05) is 6.54 Å². The van der Waals surface area contributed by atoms with Crippen LogP contribution in [0.3, 0.4) is 0 Å². The molecular weight excluding hydrogens is 120 g/mol. The van der Waals surface area contributed by atoms with Gasteiger partial charge in [-0.1, -0.05) is 0 Å². The van der Waals surface area contributed by atoms with Crippen molar-refractivity contribution in [1.29, 1.82) is 5.41 Å². The Balaban J connectivity index is 3.37. The van der Waals surface area contributed by atoms with Crippen LogP contribution in [0.2, 0.25) is 0 Å². The first-order chi connectivity index (χ1) is 4.18. The van der Waals surface area contributed by atoms with Crippen LogP contribution in [-0.4, -0.2) is 29.9 Å². The van der Waals surface area contributed by atoms with E-state index in [-0.39, 0.29) is 12.3 Å². The van der Waals surface area contributed by atoms with Crippen LogP contribution in [0, 0.1) is 5.41 Å². The minimum Gasteiger partial charge on any atom is -0.383 e. The summed E-state index contributed by atoms with van der Waals surface area (Å²) in [5, 5.41) is 17.6. The van der Waals surface area contributed by atoms with Crippen LogP contribution in [-0.2, 0) is 4.79 Å². The molecule has 52 valence electrons. The second-order valence-corrected chi connectivity index (χ2v) is 1.68. The molecule has 0 saturated carbocycles. The molecule has 0 radical (unpaired) electrons. The number of rotatable bonds is 4. The summed E-state index contributed by atoms with van der Waals surface area (Å²) in [7, 11) is 0. The predicted molar refractivity (Wildman–Crippen MR) is 33.5 cm³/mol. The Kier molecular flexibility index (Phi) is 3.62. The molecule has 0 saturated heterocycles. The lowest BCUT2D eigenvalue weighted by Gasteiger charge is -2.03. The standard InChI is InChI=1S/C5H10N2O2/c1-4(8)5(9)2-7-3-6/h3,5,9H,2H2,1H3,(H2,6,7)/t5-/m0/s1. The zero-order valence-electron chi connectivity index (χ0n) is 5.22. The van der Waals surface area contributed by atoms with Crippen molar-refractivity contribution in [3.05, 3.63) is 0 Å². The van der Waals surface area contributed by atoms with Gasteiger partial charge < -0.3 is 10.4 Å². The number of carbonyl (C=O) groups is 1. The molecule has 0 rings (SSSR count). The molecule has 4 nitrogen and oxygen atoms in total. The fourth-order valence-corrected chi connectivity index (χ4v) is 0.314. The van der Waals surface area contributed by atoms with Crippen LogP contribution >= 0.6 is 0 Å². The van der Waals surface area contributed by atoms with Crippen LogP contribution < -0.4 is 5.32 Å². The molecule has 1 atom stereocenters. The van der Waals surface area contributed by atoms with Gasteiger partial charge in [0.1, 0.15) is 6.10 Å². The lowest BCUT2D eigenvalue weighted by atomic mass is 10.2. The molecule has 0 aliphatic carbocycles. The van der Waals surface area contributed by atoms with Crippen molar-refractivity contribution in [2.75, 3.05) is 6.54 Å². The van der Waals surface area contributed by atoms with E-state index in [2.05, 4.69) is 5.32 Å². The van der Waals surface area contributed by atoms with Crippen molar-refractivity contribution in [2.45, 2.75) is 13.0 Å². The summed E-state index contributed by atoms with van der Waals surface area (Å²) < 4.78 is 0. The van der Waals surface area contributed by atoms with Crippen molar-refractivity contribution in [2.24, 2.45) is 0 Å². The summed E-state index contributed by atoms with van der Waals surface area (Å²) in [6, 6.07) is 0. The number of carbonyl (C=O) groups excluding carboxylic acids is 1. The summed E-state index contributed by atoms with van der Waals surface area (Å²) in [6.07, 6.45) is -0.0433. The van der Waals surface area contributed by atoms with Gasteiger partial charge in [0.2, 0.25) is 0 Å². The largest absolute Gasteiger partial charge is 0.383 e. The van der Waals surface area contributed by atoms with E-state index >= 15 is 0 Å². The first-order valence-corrected chi connectivity index (χ1v) is 2.59. The van der Waals surface area contributed by atoms with Gasteiger partial charge in [0.15, 0.2) is 5.78 Å². The zero-order chi connectivity index (χ0) is 7.28. The molecule has 0 aromatic rings. The zero-order valence-corrected chi connectivity index (χ0v) is 5.22. The molecule has 0 unspecified atom stereocenters. The monoisotopic (exact) mass is 130 g/mol. The highest BCUT2D eigenvalue weighted by Crippen LogP contribution is 1.79. The van der Waals surface area contributed by atoms with Crippen LogP contribution in [0.5, 0.6) is 0 Å². The summed E-state index contributed by atoms with van der Waals surface area (Å²) in [4.78, 5) is 10.3. The summed E-state index contributed by atoms with van der Waals surface area (Å²) >= 11 is 0. The lowest BCUT2D eigenvalue weighted by Crippen LogP contribution is -2.30. The maximum absolute atomic E-state index is 10.3. The van der Waals surface area contributed by atoms with Gasteiger partial charge >= 0.3 is 0 Å². The van der Waals surface area contributed by atoms with Crippen molar-refractivity contribution in [1.82, 2.24) is 5.32 Å². The number of ketones is 1. The number of Topliss-reactive ketones (excluding diaryl/α,β-unsaturated/α-hetero) is 1. The van der Waals surface area contributed by atoms with Gasteiger partial charge in [-0.15, -0.1) is 0 Å². The van der Waals surface area contributed by atoms with Crippen LogP contribution in [0.15, 0.2) is 0 Å². The second-order valence-electron chi connectivity index (χ2n) is 1.68. The Labute approximate surface area is 53.4 Å². The lowest BCUT2D eigenvalue weighted by molar-refractivity contribution is -0.124. The van der Waals surface area contributed by atoms with Crippen LogP contribution in [0.4, 0.5) is 0 Å². The molecular formula is C5H10N2O2. The van der Waals surface area contributed by atoms with Crippen LogP contribution in [0.25, 0.3) is 0 Å². The molecule has 0 amide bonds. The van der Waals surface area contributed by atoms with Gasteiger partial charge in [0.05, 0.1) is 6.34 Å². The molecule has 0 spiro atoms. The first-order valence-electron chi connectivity index (χ1n) is 2.59. The van der Waals surface area contributed by atoms with Gasteiger partial charge in [-0.3, -0.25) is 10.2 Å². The minimum atomic E-state index is -0.980. The van der Waals surface area contributed by atoms with E-state index in [1.165, 1.54) is 6.92 Å². The Morgan fingerprint density at radius 1 is 2.00 bits per heavy atom. The molecule has 0 fully saturated rings.